The number of nitrogens with one attached hydrogen (secondary N) is 1. The minimum atomic E-state index is -0.137. The van der Waals surface area contributed by atoms with Gasteiger partial charge in [0, 0.05) is 32.3 Å². The second kappa shape index (κ2) is 8.54. The van der Waals surface area contributed by atoms with Crippen LogP contribution in [0, 0.1) is 0 Å². The van der Waals surface area contributed by atoms with E-state index in [9.17, 15) is 4.79 Å². The van der Waals surface area contributed by atoms with Crippen LogP contribution in [0.2, 0.25) is 0 Å². The zero-order chi connectivity index (χ0) is 18.4. The van der Waals surface area contributed by atoms with Crippen molar-refractivity contribution in [3.63, 3.8) is 0 Å². The monoisotopic (exact) mass is 351 g/mol. The van der Waals surface area contributed by atoms with Crippen molar-refractivity contribution in [1.82, 2.24) is 4.90 Å². The Kier molecular flexibility index (Phi) is 5.92. The summed E-state index contributed by atoms with van der Waals surface area (Å²) >= 11 is 0. The average Bonchev–Trinajstić information content (AvgIpc) is 2.68. The Balaban J connectivity index is 1.66. The maximum atomic E-state index is 12.3. The van der Waals surface area contributed by atoms with Crippen LogP contribution in [0.25, 0.3) is 6.08 Å². The predicted octanol–water partition coefficient (Wildman–Crippen LogP) is 3.10. The van der Waals surface area contributed by atoms with E-state index < -0.39 is 0 Å². The smallest absolute Gasteiger partial charge is 0.248 e. The van der Waals surface area contributed by atoms with Crippen molar-refractivity contribution in [3.8, 4) is 5.75 Å². The van der Waals surface area contributed by atoms with Crippen LogP contribution in [0.3, 0.4) is 0 Å². The first-order chi connectivity index (χ1) is 12.7. The summed E-state index contributed by atoms with van der Waals surface area (Å²) in [5.74, 6) is 0.662. The lowest BCUT2D eigenvalue weighted by Crippen LogP contribution is -2.44. The highest BCUT2D eigenvalue weighted by molar-refractivity contribution is 6.03. The molecule has 2 aromatic rings. The van der Waals surface area contributed by atoms with E-state index in [1.54, 1.807) is 19.3 Å². The summed E-state index contributed by atoms with van der Waals surface area (Å²) in [6.45, 7) is 3.98. The van der Waals surface area contributed by atoms with Gasteiger partial charge in [0.2, 0.25) is 5.91 Å². The highest BCUT2D eigenvalue weighted by Gasteiger charge is 2.17. The second-order valence-electron chi connectivity index (χ2n) is 6.40. The van der Waals surface area contributed by atoms with E-state index in [-0.39, 0.29) is 5.91 Å². The Morgan fingerprint density at radius 3 is 2.42 bits per heavy atom. The van der Waals surface area contributed by atoms with Gasteiger partial charge in [-0.15, -0.1) is 0 Å². The van der Waals surface area contributed by atoms with Gasteiger partial charge in [-0.1, -0.05) is 24.3 Å². The molecule has 1 aliphatic rings. The van der Waals surface area contributed by atoms with Gasteiger partial charge in [0.1, 0.15) is 5.75 Å². The summed E-state index contributed by atoms with van der Waals surface area (Å²) < 4.78 is 5.14. The predicted molar refractivity (Wildman–Crippen MR) is 107 cm³/mol. The van der Waals surface area contributed by atoms with Crippen LogP contribution in [0.4, 0.5) is 11.4 Å². The Bertz CT molecular complexity index is 763. The van der Waals surface area contributed by atoms with Crippen molar-refractivity contribution in [2.45, 2.75) is 0 Å². The number of nitrogens with zero attached hydrogens (tertiary/aromatic N) is 2. The number of hydrogen-bond acceptors (Lipinski definition) is 4. The normalized spacial score (nSPS) is 15.2. The number of hydrogen-bond donors (Lipinski definition) is 1. The van der Waals surface area contributed by atoms with Gasteiger partial charge in [-0.05, 0) is 43.0 Å². The second-order valence-corrected chi connectivity index (χ2v) is 6.40. The number of carbonyl (C=O) groups excluding carboxylic acids is 1. The lowest BCUT2D eigenvalue weighted by Gasteiger charge is -2.35. The highest BCUT2D eigenvalue weighted by atomic mass is 16.5. The average molecular weight is 351 g/mol. The molecular weight excluding hydrogens is 326 g/mol. The van der Waals surface area contributed by atoms with Crippen LogP contribution in [-0.4, -0.2) is 51.1 Å². The van der Waals surface area contributed by atoms with Crippen molar-refractivity contribution in [1.29, 1.82) is 0 Å². The first kappa shape index (κ1) is 18.0. The number of methoxy groups -OCH3 is 1. The van der Waals surface area contributed by atoms with E-state index >= 15 is 0 Å². The molecule has 5 nitrogen and oxygen atoms in total. The number of piperazine rings is 1. The Morgan fingerprint density at radius 1 is 1.04 bits per heavy atom. The van der Waals surface area contributed by atoms with Crippen molar-refractivity contribution in [2.24, 2.45) is 0 Å². The SMILES string of the molecule is COc1ccc(/C=C/C(=O)Nc2ccccc2N2CCN(C)CC2)cc1. The molecular formula is C21H25N3O2. The molecule has 0 atom stereocenters. The van der Waals surface area contributed by atoms with Gasteiger partial charge in [-0.2, -0.15) is 0 Å². The lowest BCUT2D eigenvalue weighted by atomic mass is 10.2. The van der Waals surface area contributed by atoms with Crippen molar-refractivity contribution >= 4 is 23.4 Å². The number of likely N-dealkylation sites (N-methyl/N-ethyl adjacent to an activating group) is 1. The third kappa shape index (κ3) is 4.64. The summed E-state index contributed by atoms with van der Waals surface area (Å²) in [4.78, 5) is 17.0. The fourth-order valence-corrected chi connectivity index (χ4v) is 2.96. The molecule has 136 valence electrons. The molecule has 0 unspecified atom stereocenters. The molecule has 0 spiro atoms. The fourth-order valence-electron chi connectivity index (χ4n) is 2.96. The molecule has 0 aromatic heterocycles. The third-order valence-corrected chi connectivity index (χ3v) is 4.55. The summed E-state index contributed by atoms with van der Waals surface area (Å²) in [6.07, 6.45) is 3.36. The quantitative estimate of drug-likeness (QED) is 0.841. The molecule has 1 amide bonds. The maximum Gasteiger partial charge on any atom is 0.248 e. The molecule has 1 aliphatic heterocycles. The van der Waals surface area contributed by atoms with E-state index in [0.717, 1.165) is 48.9 Å². The molecule has 0 bridgehead atoms. The zero-order valence-corrected chi connectivity index (χ0v) is 15.3. The number of anilines is 2. The summed E-state index contributed by atoms with van der Waals surface area (Å²) in [5, 5.41) is 3.01. The Labute approximate surface area is 154 Å². The Hall–Kier alpha value is -2.79. The molecule has 5 heteroatoms. The molecule has 26 heavy (non-hydrogen) atoms. The van der Waals surface area contributed by atoms with Crippen LogP contribution in [-0.2, 0) is 4.79 Å². The molecule has 0 saturated carbocycles. The van der Waals surface area contributed by atoms with Crippen LogP contribution in [0.5, 0.6) is 5.75 Å². The molecule has 1 N–H and O–H groups in total. The minimum absolute atomic E-state index is 0.137. The number of para-hydroxylation sites is 2. The van der Waals surface area contributed by atoms with Gasteiger partial charge >= 0.3 is 0 Å². The van der Waals surface area contributed by atoms with E-state index in [4.69, 9.17) is 4.74 Å². The molecule has 1 heterocycles. The lowest BCUT2D eigenvalue weighted by molar-refractivity contribution is -0.111. The van der Waals surface area contributed by atoms with Gasteiger partial charge < -0.3 is 19.9 Å². The fraction of sp³-hybridized carbons (Fsp3) is 0.286. The van der Waals surface area contributed by atoms with Gasteiger partial charge in [-0.3, -0.25) is 4.79 Å². The van der Waals surface area contributed by atoms with Crippen LogP contribution < -0.4 is 15.0 Å². The van der Waals surface area contributed by atoms with E-state index in [2.05, 4.69) is 28.2 Å². The first-order valence-electron chi connectivity index (χ1n) is 8.81. The standard InChI is InChI=1S/C21H25N3O2/c1-23-13-15-24(16-14-23)20-6-4-3-5-19(20)22-21(25)12-9-17-7-10-18(26-2)11-8-17/h3-12H,13-16H2,1-2H3,(H,22,25)/b12-9+. The van der Waals surface area contributed by atoms with Crippen LogP contribution in [0.15, 0.2) is 54.6 Å². The summed E-state index contributed by atoms with van der Waals surface area (Å²) in [7, 11) is 3.77. The Morgan fingerprint density at radius 2 is 1.73 bits per heavy atom. The molecule has 0 aliphatic carbocycles. The van der Waals surface area contributed by atoms with Gasteiger partial charge in [0.25, 0.3) is 0 Å². The highest BCUT2D eigenvalue weighted by Crippen LogP contribution is 2.26. The number of amides is 1. The van der Waals surface area contributed by atoms with Crippen molar-refractivity contribution in [3.05, 3.63) is 60.2 Å². The molecule has 3 rings (SSSR count). The van der Waals surface area contributed by atoms with Crippen LogP contribution in [0.1, 0.15) is 5.56 Å². The largest absolute Gasteiger partial charge is 0.497 e. The van der Waals surface area contributed by atoms with Crippen molar-refractivity contribution in [2.75, 3.05) is 50.6 Å². The van der Waals surface area contributed by atoms with Gasteiger partial charge in [0.05, 0.1) is 18.5 Å². The van der Waals surface area contributed by atoms with Gasteiger partial charge in [-0.25, -0.2) is 0 Å². The van der Waals surface area contributed by atoms with Gasteiger partial charge in [0.15, 0.2) is 0 Å². The molecule has 2 aromatic carbocycles. The number of carbonyl (C=O) groups is 1. The topological polar surface area (TPSA) is 44.8 Å². The molecule has 1 fully saturated rings. The number of ether oxygens (including phenoxy) is 1. The summed E-state index contributed by atoms with van der Waals surface area (Å²) in [6, 6.07) is 15.6. The molecule has 1 saturated heterocycles. The zero-order valence-electron chi connectivity index (χ0n) is 15.3. The van der Waals surface area contributed by atoms with E-state index in [1.807, 2.05) is 42.5 Å². The number of benzene rings is 2. The van der Waals surface area contributed by atoms with E-state index in [0.29, 0.717) is 0 Å². The summed E-state index contributed by atoms with van der Waals surface area (Å²) in [5.41, 5.74) is 2.88. The van der Waals surface area contributed by atoms with E-state index in [1.165, 1.54) is 0 Å². The third-order valence-electron chi connectivity index (χ3n) is 4.55. The maximum absolute atomic E-state index is 12.3. The molecule has 0 radical (unpaired) electrons. The number of rotatable bonds is 5. The van der Waals surface area contributed by atoms with Crippen molar-refractivity contribution < 1.29 is 9.53 Å². The minimum Gasteiger partial charge on any atom is -0.497 e. The first-order valence-corrected chi connectivity index (χ1v) is 8.81. The van der Waals surface area contributed by atoms with Crippen LogP contribution >= 0.6 is 0 Å².